The molecule has 0 bridgehead atoms. The maximum Gasteiger partial charge on any atom is 0.329 e. The molecule has 0 radical (unpaired) electrons. The fourth-order valence-corrected chi connectivity index (χ4v) is 3.02. The van der Waals surface area contributed by atoms with Crippen LogP contribution in [0.1, 0.15) is 23.6 Å². The van der Waals surface area contributed by atoms with Crippen LogP contribution in [0.3, 0.4) is 0 Å². The number of ether oxygens (including phenoxy) is 2. The van der Waals surface area contributed by atoms with Crippen molar-refractivity contribution < 1.29 is 19.1 Å². The van der Waals surface area contributed by atoms with Gasteiger partial charge < -0.3 is 19.6 Å². The van der Waals surface area contributed by atoms with E-state index >= 15 is 0 Å². The highest BCUT2D eigenvalue weighted by atomic mass is 16.7. The highest BCUT2D eigenvalue weighted by Gasteiger charge is 2.11. The Kier molecular flexibility index (Phi) is 8.02. The number of nitrogens with one attached hydrogen (secondary N) is 2. The second-order valence-electron chi connectivity index (χ2n) is 6.84. The van der Waals surface area contributed by atoms with E-state index in [1.165, 1.54) is 12.5 Å². The van der Waals surface area contributed by atoms with E-state index in [1.54, 1.807) is 20.4 Å². The molecule has 32 heavy (non-hydrogen) atoms. The van der Waals surface area contributed by atoms with Crippen molar-refractivity contribution in [2.45, 2.75) is 19.9 Å². The summed E-state index contributed by atoms with van der Waals surface area (Å²) in [5.41, 5.74) is 5.58. The lowest BCUT2D eigenvalue weighted by Crippen LogP contribution is -2.32. The number of carbonyl (C=O) groups excluding carboxylic acids is 1. The molecule has 2 aromatic carbocycles. The topological polar surface area (TPSA) is 94.1 Å². The molecule has 0 aliphatic rings. The Morgan fingerprint density at radius 3 is 2.25 bits per heavy atom. The van der Waals surface area contributed by atoms with Crippen LogP contribution in [0.25, 0.3) is 0 Å². The first-order valence-electron chi connectivity index (χ1n) is 10.0. The standard InChI is InChI=1S/C24H26N4O4/c1-17(29)32-28-24(26-16-20-21(30-2)10-7-11-22(20)31-3)27-23-13-12-19(15-25-23)14-18-8-5-4-6-9-18/h4-13,15H,14,16H2,1-3H3,(H2,25,26,27,28). The van der Waals surface area contributed by atoms with Gasteiger partial charge in [-0.2, -0.15) is 5.48 Å². The SMILES string of the molecule is COc1cccc(OC)c1CN=C(NOC(C)=O)Nc1ccc(Cc2ccccc2)cn1. The summed E-state index contributed by atoms with van der Waals surface area (Å²) >= 11 is 0. The van der Waals surface area contributed by atoms with Crippen LogP contribution in [0.15, 0.2) is 71.9 Å². The van der Waals surface area contributed by atoms with Gasteiger partial charge in [-0.3, -0.25) is 4.79 Å². The van der Waals surface area contributed by atoms with Crippen molar-refractivity contribution in [1.82, 2.24) is 10.5 Å². The Balaban J connectivity index is 1.75. The zero-order valence-electron chi connectivity index (χ0n) is 18.3. The van der Waals surface area contributed by atoms with Crippen molar-refractivity contribution in [1.29, 1.82) is 0 Å². The molecule has 3 rings (SSSR count). The van der Waals surface area contributed by atoms with Gasteiger partial charge in [-0.15, -0.1) is 0 Å². The van der Waals surface area contributed by atoms with Crippen LogP contribution in [0.4, 0.5) is 5.82 Å². The number of aliphatic imine (C=N–C) groups is 1. The molecule has 0 spiro atoms. The smallest absolute Gasteiger partial charge is 0.329 e. The molecule has 1 aromatic heterocycles. The maximum absolute atomic E-state index is 11.3. The van der Waals surface area contributed by atoms with Crippen molar-refractivity contribution >= 4 is 17.7 Å². The van der Waals surface area contributed by atoms with Gasteiger partial charge in [0, 0.05) is 13.1 Å². The molecule has 0 fully saturated rings. The second kappa shape index (κ2) is 11.4. The summed E-state index contributed by atoms with van der Waals surface area (Å²) in [7, 11) is 3.17. The first-order chi connectivity index (χ1) is 15.6. The van der Waals surface area contributed by atoms with Crippen molar-refractivity contribution in [3.63, 3.8) is 0 Å². The summed E-state index contributed by atoms with van der Waals surface area (Å²) in [6, 6.07) is 19.5. The first kappa shape index (κ1) is 22.6. The molecule has 0 saturated heterocycles. The average molecular weight is 434 g/mol. The zero-order valence-corrected chi connectivity index (χ0v) is 18.3. The minimum atomic E-state index is -0.499. The lowest BCUT2D eigenvalue weighted by molar-refractivity contribution is -0.145. The first-order valence-corrected chi connectivity index (χ1v) is 10.0. The highest BCUT2D eigenvalue weighted by Crippen LogP contribution is 2.28. The number of benzene rings is 2. The van der Waals surface area contributed by atoms with Gasteiger partial charge in [0.05, 0.1) is 26.3 Å². The van der Waals surface area contributed by atoms with Gasteiger partial charge in [-0.05, 0) is 35.7 Å². The van der Waals surface area contributed by atoms with Gasteiger partial charge in [0.15, 0.2) is 0 Å². The van der Waals surface area contributed by atoms with Gasteiger partial charge >= 0.3 is 5.97 Å². The largest absolute Gasteiger partial charge is 0.496 e. The molecule has 2 N–H and O–H groups in total. The lowest BCUT2D eigenvalue weighted by Gasteiger charge is -2.14. The second-order valence-corrected chi connectivity index (χ2v) is 6.84. The van der Waals surface area contributed by atoms with Crippen molar-refractivity contribution in [3.8, 4) is 11.5 Å². The van der Waals surface area contributed by atoms with Gasteiger partial charge in [0.25, 0.3) is 0 Å². The van der Waals surface area contributed by atoms with Crippen LogP contribution in [0.5, 0.6) is 11.5 Å². The van der Waals surface area contributed by atoms with Gasteiger partial charge in [-0.1, -0.05) is 42.5 Å². The Labute approximate surface area is 187 Å². The minimum Gasteiger partial charge on any atom is -0.496 e. The molecule has 0 unspecified atom stereocenters. The molecule has 0 aliphatic heterocycles. The molecule has 8 nitrogen and oxygen atoms in total. The van der Waals surface area contributed by atoms with Crippen LogP contribution in [-0.2, 0) is 22.6 Å². The molecular weight excluding hydrogens is 408 g/mol. The summed E-state index contributed by atoms with van der Waals surface area (Å²) in [6.45, 7) is 1.51. The van der Waals surface area contributed by atoms with Crippen LogP contribution in [-0.4, -0.2) is 31.1 Å². The predicted octanol–water partition coefficient (Wildman–Crippen LogP) is 3.73. The molecule has 0 aliphatic carbocycles. The van der Waals surface area contributed by atoms with Crippen molar-refractivity contribution in [3.05, 3.63) is 83.6 Å². The van der Waals surface area contributed by atoms with Gasteiger partial charge in [-0.25, -0.2) is 9.98 Å². The van der Waals surface area contributed by atoms with Crippen LogP contribution in [0.2, 0.25) is 0 Å². The molecule has 0 amide bonds. The summed E-state index contributed by atoms with van der Waals surface area (Å²) in [5, 5.41) is 3.04. The quantitative estimate of drug-likeness (QED) is 0.332. The van der Waals surface area contributed by atoms with Crippen LogP contribution < -0.4 is 20.3 Å². The zero-order chi connectivity index (χ0) is 22.8. The summed E-state index contributed by atoms with van der Waals surface area (Å²) < 4.78 is 10.8. The van der Waals surface area contributed by atoms with Crippen LogP contribution >= 0.6 is 0 Å². The number of aromatic nitrogens is 1. The van der Waals surface area contributed by atoms with E-state index < -0.39 is 5.97 Å². The number of guanidine groups is 1. The Morgan fingerprint density at radius 2 is 1.66 bits per heavy atom. The molecule has 0 saturated carbocycles. The average Bonchev–Trinajstić information content (AvgIpc) is 2.82. The lowest BCUT2D eigenvalue weighted by atomic mass is 10.1. The Morgan fingerprint density at radius 1 is 0.938 bits per heavy atom. The van der Waals surface area contributed by atoms with Crippen LogP contribution in [0, 0.1) is 0 Å². The number of hydroxylamine groups is 1. The predicted molar refractivity (Wildman–Crippen MR) is 123 cm³/mol. The molecule has 1 heterocycles. The van der Waals surface area contributed by atoms with Crippen molar-refractivity contribution in [2.24, 2.45) is 4.99 Å². The third-order valence-electron chi connectivity index (χ3n) is 4.54. The number of nitrogens with zero attached hydrogens (tertiary/aromatic N) is 2. The van der Waals surface area contributed by atoms with E-state index in [2.05, 4.69) is 32.9 Å². The summed E-state index contributed by atoms with van der Waals surface area (Å²) in [5.74, 6) is 1.55. The van der Waals surface area contributed by atoms with E-state index in [-0.39, 0.29) is 12.5 Å². The van der Waals surface area contributed by atoms with E-state index in [4.69, 9.17) is 14.3 Å². The Bertz CT molecular complexity index is 1030. The number of methoxy groups -OCH3 is 2. The number of rotatable bonds is 7. The number of carbonyl (C=O) groups is 1. The van der Waals surface area contributed by atoms with Crippen molar-refractivity contribution in [2.75, 3.05) is 19.5 Å². The molecule has 8 heteroatoms. The fraction of sp³-hybridized carbons (Fsp3) is 0.208. The van der Waals surface area contributed by atoms with Gasteiger partial charge in [0.1, 0.15) is 17.3 Å². The van der Waals surface area contributed by atoms with Gasteiger partial charge in [0.2, 0.25) is 5.96 Å². The summed E-state index contributed by atoms with van der Waals surface area (Å²) in [6.07, 6.45) is 2.58. The molecule has 3 aromatic rings. The monoisotopic (exact) mass is 434 g/mol. The van der Waals surface area contributed by atoms with E-state index in [0.717, 1.165) is 17.5 Å². The Hall–Kier alpha value is -4.07. The molecule has 0 atom stereocenters. The number of hydrogen-bond acceptors (Lipinski definition) is 6. The van der Waals surface area contributed by atoms with E-state index in [0.29, 0.717) is 17.3 Å². The van der Waals surface area contributed by atoms with E-state index in [1.807, 2.05) is 48.5 Å². The summed E-state index contributed by atoms with van der Waals surface area (Å²) in [4.78, 5) is 25.1. The normalized spacial score (nSPS) is 10.9. The van der Waals surface area contributed by atoms with E-state index in [9.17, 15) is 4.79 Å². The number of anilines is 1. The third kappa shape index (κ3) is 6.46. The number of pyridine rings is 1. The molecular formula is C24H26N4O4. The molecule has 166 valence electrons. The minimum absolute atomic E-state index is 0.218. The third-order valence-corrected chi connectivity index (χ3v) is 4.54. The number of hydrogen-bond donors (Lipinski definition) is 2. The maximum atomic E-state index is 11.3. The fourth-order valence-electron chi connectivity index (χ4n) is 3.02. The highest BCUT2D eigenvalue weighted by molar-refractivity contribution is 5.92.